The fourth-order valence-electron chi connectivity index (χ4n) is 4.31. The molecule has 0 saturated heterocycles. The van der Waals surface area contributed by atoms with Gasteiger partial charge in [-0.1, -0.05) is 119 Å². The first-order valence-electron chi connectivity index (χ1n) is 17.8. The first kappa shape index (κ1) is 44.9. The van der Waals surface area contributed by atoms with Crippen molar-refractivity contribution >= 4 is 13.7 Å². The summed E-state index contributed by atoms with van der Waals surface area (Å²) in [6, 6.07) is -0.875. The van der Waals surface area contributed by atoms with Crippen molar-refractivity contribution in [3.63, 3.8) is 0 Å². The number of aliphatic hydroxyl groups is 1. The fourth-order valence-corrected chi connectivity index (χ4v) is 5.04. The lowest BCUT2D eigenvalue weighted by Gasteiger charge is -2.25. The first-order valence-corrected chi connectivity index (χ1v) is 19.3. The van der Waals surface area contributed by atoms with Crippen LogP contribution in [0.15, 0.2) is 72.9 Å². The number of carbonyl (C=O) groups excluding carboxylic acids is 1. The van der Waals surface area contributed by atoms with Crippen molar-refractivity contribution in [2.45, 2.75) is 122 Å². The summed E-state index contributed by atoms with van der Waals surface area (Å²) in [5, 5.41) is 13.6. The van der Waals surface area contributed by atoms with Gasteiger partial charge in [-0.25, -0.2) is 4.57 Å². The Hall–Kier alpha value is -2.06. The average molecular weight is 680 g/mol. The zero-order valence-corrected chi connectivity index (χ0v) is 31.1. The van der Waals surface area contributed by atoms with Crippen molar-refractivity contribution in [1.82, 2.24) is 5.32 Å². The number of likely N-dealkylation sites (N-methyl/N-ethyl adjacent to an activating group) is 1. The van der Waals surface area contributed by atoms with Gasteiger partial charge < -0.3 is 19.8 Å². The van der Waals surface area contributed by atoms with Crippen LogP contribution in [-0.4, -0.2) is 73.4 Å². The number of rotatable bonds is 30. The fraction of sp³-hybridized carbons (Fsp3) is 0.658. The normalized spacial score (nSPS) is 15.6. The molecule has 0 aromatic carbocycles. The van der Waals surface area contributed by atoms with Gasteiger partial charge in [0.25, 0.3) is 0 Å². The van der Waals surface area contributed by atoms with Gasteiger partial charge in [-0.3, -0.25) is 13.8 Å². The minimum absolute atomic E-state index is 0.0464. The van der Waals surface area contributed by atoms with E-state index in [1.165, 1.54) is 25.7 Å². The third kappa shape index (κ3) is 32.3. The van der Waals surface area contributed by atoms with Crippen LogP contribution < -0.4 is 5.32 Å². The highest BCUT2D eigenvalue weighted by Gasteiger charge is 2.27. The second-order valence-corrected chi connectivity index (χ2v) is 14.3. The molecule has 0 aliphatic carbocycles. The molecule has 3 unspecified atom stereocenters. The number of carbonyl (C=O) groups is 1. The van der Waals surface area contributed by atoms with Crippen LogP contribution in [0.5, 0.6) is 0 Å². The summed E-state index contributed by atoms with van der Waals surface area (Å²) in [5.74, 6) is -0.243. The highest BCUT2D eigenvalue weighted by atomic mass is 31.2. The Morgan fingerprint density at radius 1 is 0.745 bits per heavy atom. The zero-order valence-electron chi connectivity index (χ0n) is 30.2. The Labute approximate surface area is 287 Å². The summed E-state index contributed by atoms with van der Waals surface area (Å²) in [6.07, 6.45) is 38.4. The number of allylic oxidation sites excluding steroid dienone is 11. The van der Waals surface area contributed by atoms with E-state index in [1.54, 1.807) is 6.08 Å². The number of phosphoric ester groups is 1. The number of hydrogen-bond donors (Lipinski definition) is 3. The van der Waals surface area contributed by atoms with E-state index in [9.17, 15) is 19.4 Å². The largest absolute Gasteiger partial charge is 0.472 e. The molecule has 1 amide bonds. The Morgan fingerprint density at radius 2 is 1.28 bits per heavy atom. The Bertz CT molecular complexity index is 997. The van der Waals surface area contributed by atoms with E-state index in [1.807, 2.05) is 27.2 Å². The van der Waals surface area contributed by atoms with Crippen LogP contribution in [0.3, 0.4) is 0 Å². The van der Waals surface area contributed by atoms with E-state index in [0.29, 0.717) is 17.4 Å². The van der Waals surface area contributed by atoms with E-state index in [2.05, 4.69) is 79.9 Å². The van der Waals surface area contributed by atoms with E-state index >= 15 is 0 Å². The number of nitrogens with zero attached hydrogens (tertiary/aromatic N) is 1. The zero-order chi connectivity index (χ0) is 35.1. The molecular formula is C38H68N2O6P+. The molecule has 3 atom stereocenters. The molecule has 47 heavy (non-hydrogen) atoms. The molecule has 0 heterocycles. The van der Waals surface area contributed by atoms with E-state index in [0.717, 1.165) is 57.8 Å². The summed E-state index contributed by atoms with van der Waals surface area (Å²) in [7, 11) is 1.51. The van der Waals surface area contributed by atoms with Gasteiger partial charge in [0.2, 0.25) is 5.91 Å². The average Bonchev–Trinajstić information content (AvgIpc) is 3.01. The van der Waals surface area contributed by atoms with Gasteiger partial charge in [0.15, 0.2) is 0 Å². The van der Waals surface area contributed by atoms with E-state index < -0.39 is 20.0 Å². The van der Waals surface area contributed by atoms with E-state index in [-0.39, 0.29) is 25.5 Å². The summed E-state index contributed by atoms with van der Waals surface area (Å²) >= 11 is 0. The number of phosphoric acid groups is 1. The molecule has 0 aliphatic heterocycles. The second kappa shape index (κ2) is 30.0. The maximum absolute atomic E-state index is 12.7. The molecule has 0 radical (unpaired) electrons. The lowest BCUT2D eigenvalue weighted by molar-refractivity contribution is -0.870. The number of amides is 1. The number of nitrogens with one attached hydrogen (secondary N) is 1. The van der Waals surface area contributed by atoms with Gasteiger partial charge in [0.1, 0.15) is 13.2 Å². The van der Waals surface area contributed by atoms with Crippen molar-refractivity contribution in [1.29, 1.82) is 0 Å². The SMILES string of the molecule is CC/C=C\C/C=C\C/C=C\C/C=C\C/C=C\CCCC(=O)NC(COP(=O)(O)OCC[N+](C)(C)C)C(O)/C=C/CCCCCCCC. The number of quaternary nitrogens is 1. The summed E-state index contributed by atoms with van der Waals surface area (Å²) in [6.45, 7) is 4.56. The van der Waals surface area contributed by atoms with Crippen molar-refractivity contribution in [2.75, 3.05) is 40.9 Å². The molecule has 9 heteroatoms. The topological polar surface area (TPSA) is 105 Å². The van der Waals surface area contributed by atoms with Crippen LogP contribution in [0.25, 0.3) is 0 Å². The maximum atomic E-state index is 12.7. The van der Waals surface area contributed by atoms with Crippen molar-refractivity contribution in [2.24, 2.45) is 0 Å². The molecular weight excluding hydrogens is 611 g/mol. The highest BCUT2D eigenvalue weighted by molar-refractivity contribution is 7.47. The standard InChI is InChI=1S/C38H67N2O6P/c1-6-8-10-12-14-16-17-18-19-20-21-22-23-24-26-28-30-32-38(42)39-36(35-46-47(43,44)45-34-33-40(3,4)5)37(41)31-29-27-25-15-13-11-9-7-2/h8,10,14,16,18-19,21-22,24,26,29,31,36-37,41H,6-7,9,11-13,15,17,20,23,25,27-28,30,32-35H2,1-5H3,(H-,39,42,43,44)/p+1/b10-8-,16-14-,19-18-,22-21-,26-24-,31-29+. The predicted molar refractivity (Wildman–Crippen MR) is 198 cm³/mol. The molecule has 0 rings (SSSR count). The molecule has 0 saturated carbocycles. The van der Waals surface area contributed by atoms with Gasteiger partial charge >= 0.3 is 7.82 Å². The third-order valence-corrected chi connectivity index (χ3v) is 8.17. The Kier molecular flexibility index (Phi) is 28.7. The van der Waals surface area contributed by atoms with E-state index in [4.69, 9.17) is 9.05 Å². The van der Waals surface area contributed by atoms with Crippen molar-refractivity contribution in [3.05, 3.63) is 72.9 Å². The van der Waals surface area contributed by atoms with Crippen LogP contribution in [0, 0.1) is 0 Å². The predicted octanol–water partition coefficient (Wildman–Crippen LogP) is 8.90. The first-order chi connectivity index (χ1) is 22.5. The molecule has 0 spiro atoms. The Balaban J connectivity index is 4.63. The summed E-state index contributed by atoms with van der Waals surface area (Å²) in [4.78, 5) is 22.9. The molecule has 0 fully saturated rings. The second-order valence-electron chi connectivity index (χ2n) is 12.9. The Morgan fingerprint density at radius 3 is 1.85 bits per heavy atom. The number of aliphatic hydroxyl groups excluding tert-OH is 1. The van der Waals surface area contributed by atoms with Crippen LogP contribution in [-0.2, 0) is 18.4 Å². The number of unbranched alkanes of at least 4 members (excludes halogenated alkanes) is 7. The smallest absolute Gasteiger partial charge is 0.387 e. The number of hydrogen-bond acceptors (Lipinski definition) is 5. The van der Waals surface area contributed by atoms with Gasteiger partial charge in [-0.15, -0.1) is 0 Å². The van der Waals surface area contributed by atoms with Crippen molar-refractivity contribution < 1.29 is 32.9 Å². The molecule has 8 nitrogen and oxygen atoms in total. The molecule has 0 aromatic heterocycles. The van der Waals surface area contributed by atoms with Gasteiger partial charge in [0, 0.05) is 6.42 Å². The van der Waals surface area contributed by atoms with Crippen LogP contribution in [0.4, 0.5) is 0 Å². The quantitative estimate of drug-likeness (QED) is 0.0303. The minimum Gasteiger partial charge on any atom is -0.387 e. The monoisotopic (exact) mass is 679 g/mol. The lowest BCUT2D eigenvalue weighted by Crippen LogP contribution is -2.45. The van der Waals surface area contributed by atoms with Crippen LogP contribution in [0.2, 0.25) is 0 Å². The molecule has 3 N–H and O–H groups in total. The van der Waals surface area contributed by atoms with Crippen LogP contribution in [0.1, 0.15) is 110 Å². The van der Waals surface area contributed by atoms with Gasteiger partial charge in [0.05, 0.1) is 39.9 Å². The third-order valence-electron chi connectivity index (χ3n) is 7.18. The molecule has 0 bridgehead atoms. The molecule has 270 valence electrons. The summed E-state index contributed by atoms with van der Waals surface area (Å²) in [5.41, 5.74) is 0. The molecule has 0 aliphatic rings. The van der Waals surface area contributed by atoms with Crippen molar-refractivity contribution in [3.8, 4) is 0 Å². The van der Waals surface area contributed by atoms with Gasteiger partial charge in [-0.2, -0.15) is 0 Å². The highest BCUT2D eigenvalue weighted by Crippen LogP contribution is 2.43. The van der Waals surface area contributed by atoms with Crippen LogP contribution >= 0.6 is 7.82 Å². The maximum Gasteiger partial charge on any atom is 0.472 e. The summed E-state index contributed by atoms with van der Waals surface area (Å²) < 4.78 is 23.3. The minimum atomic E-state index is -4.34. The lowest BCUT2D eigenvalue weighted by atomic mass is 10.1. The molecule has 0 aromatic rings. The van der Waals surface area contributed by atoms with Gasteiger partial charge in [-0.05, 0) is 57.8 Å².